The smallest absolute Gasteiger partial charge is 0.0718 e. The first-order valence-corrected chi connectivity index (χ1v) is 9.56. The minimum absolute atomic E-state index is 0.618. The van der Waals surface area contributed by atoms with E-state index in [2.05, 4.69) is 40.2 Å². The summed E-state index contributed by atoms with van der Waals surface area (Å²) in [6.07, 6.45) is 3.70. The van der Waals surface area contributed by atoms with Gasteiger partial charge in [0.1, 0.15) is 0 Å². The molecule has 0 bridgehead atoms. The molecular formula is C18H28N2OS. The highest BCUT2D eigenvalue weighted by molar-refractivity contribution is 7.99. The second-order valence-electron chi connectivity index (χ2n) is 7.27. The van der Waals surface area contributed by atoms with Gasteiger partial charge in [0, 0.05) is 37.1 Å². The molecule has 4 heteroatoms. The number of benzene rings is 1. The molecule has 1 atom stereocenters. The van der Waals surface area contributed by atoms with Gasteiger partial charge in [-0.3, -0.25) is 4.90 Å². The van der Waals surface area contributed by atoms with Crippen molar-refractivity contribution < 1.29 is 5.11 Å². The zero-order chi connectivity index (χ0) is 15.6. The molecule has 2 N–H and O–H groups in total. The highest BCUT2D eigenvalue weighted by Gasteiger charge is 2.24. The van der Waals surface area contributed by atoms with Gasteiger partial charge in [-0.2, -0.15) is 11.8 Å². The summed E-state index contributed by atoms with van der Waals surface area (Å²) in [4.78, 5) is 2.36. The lowest BCUT2D eigenvalue weighted by atomic mass is 9.96. The summed E-state index contributed by atoms with van der Waals surface area (Å²) in [5, 5.41) is 13.8. The normalized spacial score (nSPS) is 23.1. The summed E-state index contributed by atoms with van der Waals surface area (Å²) in [5.41, 5.74) is 3.63. The molecule has 1 unspecified atom stereocenters. The van der Waals surface area contributed by atoms with Crippen molar-refractivity contribution in [3.8, 4) is 0 Å². The van der Waals surface area contributed by atoms with Crippen molar-refractivity contribution in [3.63, 3.8) is 0 Å². The first-order chi connectivity index (χ1) is 10.5. The molecule has 1 saturated heterocycles. The Morgan fingerprint density at radius 1 is 1.41 bits per heavy atom. The van der Waals surface area contributed by atoms with Crippen LogP contribution in [0.1, 0.15) is 37.8 Å². The number of hydrogen-bond donors (Lipinski definition) is 2. The number of thioether (sulfide) groups is 1. The van der Waals surface area contributed by atoms with Crippen molar-refractivity contribution in [1.29, 1.82) is 0 Å². The molecule has 3 nitrogen and oxygen atoms in total. The number of nitrogens with zero attached hydrogens (tertiary/aromatic N) is 1. The summed E-state index contributed by atoms with van der Waals surface area (Å²) in [6.45, 7) is 6.51. The van der Waals surface area contributed by atoms with Crippen LogP contribution in [0, 0.1) is 0 Å². The van der Waals surface area contributed by atoms with E-state index in [1.165, 1.54) is 41.2 Å². The van der Waals surface area contributed by atoms with Gasteiger partial charge in [-0.05, 0) is 56.1 Å². The second kappa shape index (κ2) is 6.81. The van der Waals surface area contributed by atoms with E-state index in [4.69, 9.17) is 0 Å². The van der Waals surface area contributed by atoms with Gasteiger partial charge in [0.2, 0.25) is 0 Å². The van der Waals surface area contributed by atoms with E-state index in [-0.39, 0.29) is 0 Å². The Morgan fingerprint density at radius 2 is 2.27 bits per heavy atom. The molecule has 1 fully saturated rings. The molecule has 2 heterocycles. The van der Waals surface area contributed by atoms with Crippen molar-refractivity contribution in [2.24, 2.45) is 0 Å². The standard InChI is InChI=1S/C18H28N2OS/c1-18(2,21)13-20-9-8-16-14(11-20)5-3-7-17(16)19-15-6-4-10-22-12-15/h3,5,7,15,19,21H,4,6,8-13H2,1-2H3. The number of anilines is 1. The number of aliphatic hydroxyl groups is 1. The van der Waals surface area contributed by atoms with E-state index < -0.39 is 5.60 Å². The quantitative estimate of drug-likeness (QED) is 0.893. The largest absolute Gasteiger partial charge is 0.389 e. The molecule has 0 radical (unpaired) electrons. The lowest BCUT2D eigenvalue weighted by Gasteiger charge is -2.34. The van der Waals surface area contributed by atoms with E-state index in [0.29, 0.717) is 6.04 Å². The predicted octanol–water partition coefficient (Wildman–Crippen LogP) is 3.12. The van der Waals surface area contributed by atoms with Gasteiger partial charge in [0.05, 0.1) is 5.60 Å². The van der Waals surface area contributed by atoms with Gasteiger partial charge in [0.15, 0.2) is 0 Å². The zero-order valence-electron chi connectivity index (χ0n) is 13.8. The molecular weight excluding hydrogens is 292 g/mol. The minimum Gasteiger partial charge on any atom is -0.389 e. The van der Waals surface area contributed by atoms with Crippen LogP contribution in [0.15, 0.2) is 18.2 Å². The van der Waals surface area contributed by atoms with Crippen LogP contribution in [0.2, 0.25) is 0 Å². The van der Waals surface area contributed by atoms with Gasteiger partial charge in [-0.1, -0.05) is 12.1 Å². The third-order valence-electron chi connectivity index (χ3n) is 4.48. The minimum atomic E-state index is -0.618. The lowest BCUT2D eigenvalue weighted by molar-refractivity contribution is 0.0318. The van der Waals surface area contributed by atoms with Crippen molar-refractivity contribution in [2.75, 3.05) is 29.9 Å². The van der Waals surface area contributed by atoms with Crippen molar-refractivity contribution in [1.82, 2.24) is 4.90 Å². The first kappa shape index (κ1) is 16.2. The number of β-amino-alcohol motifs (C(OH)–C–C–N with tert-alkyl or cyclic N) is 1. The van der Waals surface area contributed by atoms with Crippen LogP contribution in [0.25, 0.3) is 0 Å². The summed E-state index contributed by atoms with van der Waals surface area (Å²) in [7, 11) is 0. The molecule has 122 valence electrons. The Morgan fingerprint density at radius 3 is 3.00 bits per heavy atom. The Bertz CT molecular complexity index is 506. The molecule has 0 amide bonds. The lowest BCUT2D eigenvalue weighted by Crippen LogP contribution is -2.41. The van der Waals surface area contributed by atoms with Gasteiger partial charge in [-0.25, -0.2) is 0 Å². The van der Waals surface area contributed by atoms with E-state index in [1.807, 2.05) is 13.8 Å². The van der Waals surface area contributed by atoms with Crippen LogP contribution in [0.3, 0.4) is 0 Å². The van der Waals surface area contributed by atoms with Crippen molar-refractivity contribution in [3.05, 3.63) is 29.3 Å². The fourth-order valence-corrected chi connectivity index (χ4v) is 4.63. The Labute approximate surface area is 138 Å². The van der Waals surface area contributed by atoms with Crippen LogP contribution in [0.5, 0.6) is 0 Å². The van der Waals surface area contributed by atoms with Crippen LogP contribution < -0.4 is 5.32 Å². The summed E-state index contributed by atoms with van der Waals surface area (Å²) >= 11 is 2.07. The maximum atomic E-state index is 10.0. The average molecular weight is 321 g/mol. The van der Waals surface area contributed by atoms with Crippen LogP contribution in [-0.4, -0.2) is 46.2 Å². The van der Waals surface area contributed by atoms with Gasteiger partial charge in [-0.15, -0.1) is 0 Å². The fourth-order valence-electron chi connectivity index (χ4n) is 3.56. The maximum absolute atomic E-state index is 10.0. The molecule has 0 aromatic heterocycles. The maximum Gasteiger partial charge on any atom is 0.0718 e. The highest BCUT2D eigenvalue weighted by Crippen LogP contribution is 2.29. The van der Waals surface area contributed by atoms with Crippen molar-refractivity contribution >= 4 is 17.4 Å². The van der Waals surface area contributed by atoms with E-state index in [0.717, 1.165) is 26.1 Å². The Kier molecular flexibility index (Phi) is 5.00. The first-order valence-electron chi connectivity index (χ1n) is 8.41. The molecule has 2 aliphatic heterocycles. The van der Waals surface area contributed by atoms with E-state index in [9.17, 15) is 5.11 Å². The van der Waals surface area contributed by atoms with Crippen LogP contribution in [-0.2, 0) is 13.0 Å². The molecule has 3 rings (SSSR count). The highest BCUT2D eigenvalue weighted by atomic mass is 32.2. The Hall–Kier alpha value is -0.710. The van der Waals surface area contributed by atoms with Crippen LogP contribution in [0.4, 0.5) is 5.69 Å². The summed E-state index contributed by atoms with van der Waals surface area (Å²) in [5.74, 6) is 2.55. The molecule has 0 aliphatic carbocycles. The van der Waals surface area contributed by atoms with Gasteiger partial charge < -0.3 is 10.4 Å². The molecule has 0 saturated carbocycles. The number of nitrogens with one attached hydrogen (secondary N) is 1. The monoisotopic (exact) mass is 320 g/mol. The van der Waals surface area contributed by atoms with E-state index in [1.54, 1.807) is 0 Å². The third-order valence-corrected chi connectivity index (χ3v) is 5.69. The topological polar surface area (TPSA) is 35.5 Å². The third kappa shape index (κ3) is 4.18. The predicted molar refractivity (Wildman–Crippen MR) is 95.7 cm³/mol. The number of fused-ring (bicyclic) bond motifs is 1. The van der Waals surface area contributed by atoms with E-state index >= 15 is 0 Å². The summed E-state index contributed by atoms with van der Waals surface area (Å²) in [6, 6.07) is 7.28. The number of rotatable bonds is 4. The molecule has 22 heavy (non-hydrogen) atoms. The van der Waals surface area contributed by atoms with Gasteiger partial charge >= 0.3 is 0 Å². The second-order valence-corrected chi connectivity index (χ2v) is 8.42. The number of hydrogen-bond acceptors (Lipinski definition) is 4. The molecule has 2 aliphatic rings. The molecule has 0 spiro atoms. The zero-order valence-corrected chi connectivity index (χ0v) is 14.6. The Balaban J connectivity index is 1.69. The summed E-state index contributed by atoms with van der Waals surface area (Å²) < 4.78 is 0. The SMILES string of the molecule is CC(C)(O)CN1CCc2c(cccc2NC2CCCSC2)C1. The fraction of sp³-hybridized carbons (Fsp3) is 0.667. The van der Waals surface area contributed by atoms with Gasteiger partial charge in [0.25, 0.3) is 0 Å². The molecule has 1 aromatic carbocycles. The molecule has 1 aromatic rings. The van der Waals surface area contributed by atoms with Crippen molar-refractivity contribution in [2.45, 2.75) is 51.3 Å². The van der Waals surface area contributed by atoms with Crippen LogP contribution >= 0.6 is 11.8 Å². The average Bonchev–Trinajstić information content (AvgIpc) is 2.47.